The van der Waals surface area contributed by atoms with E-state index in [-0.39, 0.29) is 0 Å². The molecule has 1 aromatic carbocycles. The second-order valence-corrected chi connectivity index (χ2v) is 4.45. The van der Waals surface area contributed by atoms with E-state index in [9.17, 15) is 4.79 Å². The first-order valence-electron chi connectivity index (χ1n) is 5.30. The van der Waals surface area contributed by atoms with Crippen LogP contribution in [0.4, 0.5) is 10.5 Å². The van der Waals surface area contributed by atoms with Crippen LogP contribution in [-0.4, -0.2) is 18.8 Å². The molecular weight excluding hydrogens is 220 g/mol. The highest BCUT2D eigenvalue weighted by molar-refractivity contribution is 5.70. The van der Waals surface area contributed by atoms with Crippen molar-refractivity contribution >= 4 is 11.8 Å². The van der Waals surface area contributed by atoms with E-state index in [1.54, 1.807) is 40.0 Å². The monoisotopic (exact) mass is 238 g/mol. The van der Waals surface area contributed by atoms with Gasteiger partial charge in [0.15, 0.2) is 0 Å². The summed E-state index contributed by atoms with van der Waals surface area (Å²) in [5.41, 5.74) is 5.32. The number of hydrazine groups is 1. The fourth-order valence-corrected chi connectivity index (χ4v) is 1.17. The topological polar surface area (TPSA) is 59.6 Å². The Labute approximate surface area is 101 Å². The van der Waals surface area contributed by atoms with Crippen LogP contribution in [0.15, 0.2) is 24.3 Å². The molecule has 0 aliphatic rings. The van der Waals surface area contributed by atoms with Crippen LogP contribution >= 0.6 is 0 Å². The largest absolute Gasteiger partial charge is 0.495 e. The molecular formula is C12H18N2O3. The van der Waals surface area contributed by atoms with Crippen LogP contribution in [0.5, 0.6) is 5.75 Å². The number of ether oxygens (including phenoxy) is 2. The SMILES string of the molecule is COc1ccccc1NNC(=O)OC(C)(C)C. The van der Waals surface area contributed by atoms with E-state index in [2.05, 4.69) is 10.9 Å². The van der Waals surface area contributed by atoms with Crippen molar-refractivity contribution in [1.29, 1.82) is 0 Å². The average Bonchev–Trinajstić information content (AvgIpc) is 2.24. The summed E-state index contributed by atoms with van der Waals surface area (Å²) < 4.78 is 10.2. The predicted octanol–water partition coefficient (Wildman–Crippen LogP) is 2.55. The van der Waals surface area contributed by atoms with E-state index in [1.165, 1.54) is 0 Å². The summed E-state index contributed by atoms with van der Waals surface area (Å²) in [6.45, 7) is 5.40. The summed E-state index contributed by atoms with van der Waals surface area (Å²) in [5, 5.41) is 0. The van der Waals surface area contributed by atoms with Crippen molar-refractivity contribution in [3.63, 3.8) is 0 Å². The van der Waals surface area contributed by atoms with Gasteiger partial charge < -0.3 is 9.47 Å². The Hall–Kier alpha value is -1.91. The lowest BCUT2D eigenvalue weighted by atomic mass is 10.2. The van der Waals surface area contributed by atoms with Gasteiger partial charge in [0, 0.05) is 0 Å². The third-order valence-electron chi connectivity index (χ3n) is 1.81. The summed E-state index contributed by atoms with van der Waals surface area (Å²) in [6.07, 6.45) is -0.539. The minimum absolute atomic E-state index is 0.521. The molecule has 5 heteroatoms. The fourth-order valence-electron chi connectivity index (χ4n) is 1.17. The molecule has 0 atom stereocenters. The number of benzene rings is 1. The first-order chi connectivity index (χ1) is 7.92. The van der Waals surface area contributed by atoms with E-state index in [0.717, 1.165) is 0 Å². The van der Waals surface area contributed by atoms with Gasteiger partial charge in [-0.2, -0.15) is 0 Å². The lowest BCUT2D eigenvalue weighted by Crippen LogP contribution is -2.35. The van der Waals surface area contributed by atoms with E-state index in [0.29, 0.717) is 11.4 Å². The molecule has 0 aliphatic heterocycles. The number of methoxy groups -OCH3 is 1. The molecule has 5 nitrogen and oxygen atoms in total. The van der Waals surface area contributed by atoms with Crippen LogP contribution in [0.2, 0.25) is 0 Å². The summed E-state index contributed by atoms with van der Waals surface area (Å²) in [7, 11) is 1.56. The Morgan fingerprint density at radius 3 is 2.47 bits per heavy atom. The number of carbonyl (C=O) groups excluding carboxylic acids is 1. The van der Waals surface area contributed by atoms with Gasteiger partial charge in [-0.05, 0) is 32.9 Å². The highest BCUT2D eigenvalue weighted by Gasteiger charge is 2.15. The van der Waals surface area contributed by atoms with Crippen molar-refractivity contribution in [3.05, 3.63) is 24.3 Å². The van der Waals surface area contributed by atoms with Crippen LogP contribution in [-0.2, 0) is 4.74 Å². The van der Waals surface area contributed by atoms with Gasteiger partial charge in [0.05, 0.1) is 12.8 Å². The van der Waals surface area contributed by atoms with E-state index >= 15 is 0 Å². The average molecular weight is 238 g/mol. The summed E-state index contributed by atoms with van der Waals surface area (Å²) in [6, 6.07) is 7.26. The van der Waals surface area contributed by atoms with Gasteiger partial charge in [-0.1, -0.05) is 12.1 Å². The number of hydrogen-bond acceptors (Lipinski definition) is 4. The standard InChI is InChI=1S/C12H18N2O3/c1-12(2,3)17-11(15)14-13-9-7-5-6-8-10(9)16-4/h5-8,13H,1-4H3,(H,14,15). The van der Waals surface area contributed by atoms with E-state index < -0.39 is 11.7 Å². The zero-order chi connectivity index (χ0) is 12.9. The van der Waals surface area contributed by atoms with Crippen molar-refractivity contribution < 1.29 is 14.3 Å². The molecule has 0 saturated carbocycles. The van der Waals surface area contributed by atoms with Crippen molar-refractivity contribution in [2.75, 3.05) is 12.5 Å². The quantitative estimate of drug-likeness (QED) is 0.794. The zero-order valence-corrected chi connectivity index (χ0v) is 10.5. The number of hydrogen-bond donors (Lipinski definition) is 2. The molecule has 0 heterocycles. The molecule has 1 aromatic rings. The zero-order valence-electron chi connectivity index (χ0n) is 10.5. The van der Waals surface area contributed by atoms with Gasteiger partial charge in [0.1, 0.15) is 11.4 Å². The van der Waals surface area contributed by atoms with Gasteiger partial charge in [-0.15, -0.1) is 0 Å². The Balaban J connectivity index is 2.53. The first-order valence-corrected chi connectivity index (χ1v) is 5.30. The van der Waals surface area contributed by atoms with Crippen LogP contribution < -0.4 is 15.6 Å². The molecule has 0 aliphatic carbocycles. The summed E-state index contributed by atoms with van der Waals surface area (Å²) >= 11 is 0. The Bertz CT molecular complexity index is 386. The van der Waals surface area contributed by atoms with Crippen molar-refractivity contribution in [2.24, 2.45) is 0 Å². The van der Waals surface area contributed by atoms with E-state index in [1.807, 2.05) is 12.1 Å². The predicted molar refractivity (Wildman–Crippen MR) is 66.0 cm³/mol. The molecule has 1 rings (SSSR count). The molecule has 0 bridgehead atoms. The molecule has 0 saturated heterocycles. The second-order valence-electron chi connectivity index (χ2n) is 4.45. The molecule has 0 aromatic heterocycles. The third kappa shape index (κ3) is 4.63. The molecule has 0 unspecified atom stereocenters. The normalized spacial score (nSPS) is 10.6. The number of rotatable bonds is 3. The smallest absolute Gasteiger partial charge is 0.426 e. The Morgan fingerprint density at radius 1 is 1.24 bits per heavy atom. The highest BCUT2D eigenvalue weighted by Crippen LogP contribution is 2.21. The molecule has 0 fully saturated rings. The van der Waals surface area contributed by atoms with Crippen molar-refractivity contribution in [3.8, 4) is 5.75 Å². The van der Waals surface area contributed by atoms with E-state index in [4.69, 9.17) is 9.47 Å². The minimum Gasteiger partial charge on any atom is -0.495 e. The Morgan fingerprint density at radius 2 is 1.88 bits per heavy atom. The van der Waals surface area contributed by atoms with Crippen LogP contribution in [0.3, 0.4) is 0 Å². The lowest BCUT2D eigenvalue weighted by Gasteiger charge is -2.20. The summed E-state index contributed by atoms with van der Waals surface area (Å²) in [4.78, 5) is 11.4. The lowest BCUT2D eigenvalue weighted by molar-refractivity contribution is 0.0541. The van der Waals surface area contributed by atoms with Crippen LogP contribution in [0.25, 0.3) is 0 Å². The first kappa shape index (κ1) is 13.2. The molecule has 0 radical (unpaired) electrons. The minimum atomic E-state index is -0.539. The van der Waals surface area contributed by atoms with Crippen molar-refractivity contribution in [2.45, 2.75) is 26.4 Å². The van der Waals surface area contributed by atoms with Crippen molar-refractivity contribution in [1.82, 2.24) is 5.43 Å². The molecule has 0 spiro atoms. The third-order valence-corrected chi connectivity index (χ3v) is 1.81. The van der Waals surface area contributed by atoms with Gasteiger partial charge >= 0.3 is 6.09 Å². The van der Waals surface area contributed by atoms with Gasteiger partial charge in [-0.3, -0.25) is 5.43 Å². The Kier molecular flexibility index (Phi) is 4.20. The maximum Gasteiger partial charge on any atom is 0.426 e. The molecule has 2 N–H and O–H groups in total. The molecule has 1 amide bonds. The second kappa shape index (κ2) is 5.43. The number of carbonyl (C=O) groups is 1. The number of anilines is 1. The fraction of sp³-hybridized carbons (Fsp3) is 0.417. The van der Waals surface area contributed by atoms with Gasteiger partial charge in [0.2, 0.25) is 0 Å². The summed E-state index contributed by atoms with van der Waals surface area (Å²) in [5.74, 6) is 0.642. The maximum absolute atomic E-state index is 11.4. The van der Waals surface area contributed by atoms with Crippen LogP contribution in [0, 0.1) is 0 Å². The maximum atomic E-state index is 11.4. The van der Waals surface area contributed by atoms with Gasteiger partial charge in [0.25, 0.3) is 0 Å². The number of nitrogens with one attached hydrogen (secondary N) is 2. The van der Waals surface area contributed by atoms with Gasteiger partial charge in [-0.25, -0.2) is 10.2 Å². The number of para-hydroxylation sites is 2. The molecule has 94 valence electrons. The number of amides is 1. The highest BCUT2D eigenvalue weighted by atomic mass is 16.6. The van der Waals surface area contributed by atoms with Crippen LogP contribution in [0.1, 0.15) is 20.8 Å². The molecule has 17 heavy (non-hydrogen) atoms.